The minimum absolute atomic E-state index is 0.251. The van der Waals surface area contributed by atoms with Gasteiger partial charge in [-0.1, -0.05) is 18.2 Å². The van der Waals surface area contributed by atoms with Crippen molar-refractivity contribution in [2.75, 3.05) is 37.6 Å². The Morgan fingerprint density at radius 3 is 2.55 bits per heavy atom. The first-order chi connectivity index (χ1) is 9.74. The van der Waals surface area contributed by atoms with Gasteiger partial charge in [0.1, 0.15) is 0 Å². The largest absolute Gasteiger partial charge is 0.368 e. The van der Waals surface area contributed by atoms with Gasteiger partial charge in [0.2, 0.25) is 5.91 Å². The average molecular weight is 273 g/mol. The number of benzene rings is 1. The summed E-state index contributed by atoms with van der Waals surface area (Å²) < 4.78 is 0. The molecule has 1 aromatic carbocycles. The SMILES string of the molecule is Cc1ccccc1N1CCN(C(=O)CNC2CC2)CC1. The van der Waals surface area contributed by atoms with Crippen LogP contribution in [0.15, 0.2) is 24.3 Å². The van der Waals surface area contributed by atoms with Gasteiger partial charge in [0.25, 0.3) is 0 Å². The second-order valence-electron chi connectivity index (χ2n) is 5.81. The average Bonchev–Trinajstić information content (AvgIpc) is 3.30. The zero-order chi connectivity index (χ0) is 13.9. The molecule has 1 aliphatic carbocycles. The highest BCUT2D eigenvalue weighted by molar-refractivity contribution is 5.78. The normalized spacial score (nSPS) is 19.2. The van der Waals surface area contributed by atoms with Crippen LogP contribution in [0.1, 0.15) is 18.4 Å². The summed E-state index contributed by atoms with van der Waals surface area (Å²) in [7, 11) is 0. The number of hydrogen-bond acceptors (Lipinski definition) is 3. The van der Waals surface area contributed by atoms with Crippen LogP contribution in [0.3, 0.4) is 0 Å². The number of aryl methyl sites for hydroxylation is 1. The first-order valence-electron chi connectivity index (χ1n) is 7.56. The van der Waals surface area contributed by atoms with Crippen LogP contribution < -0.4 is 10.2 Å². The van der Waals surface area contributed by atoms with E-state index in [1.54, 1.807) is 0 Å². The Morgan fingerprint density at radius 2 is 1.90 bits per heavy atom. The molecule has 3 rings (SSSR count). The highest BCUT2D eigenvalue weighted by atomic mass is 16.2. The molecule has 2 fully saturated rings. The number of rotatable bonds is 4. The summed E-state index contributed by atoms with van der Waals surface area (Å²) in [5.41, 5.74) is 2.61. The number of carbonyl (C=O) groups is 1. The number of para-hydroxylation sites is 1. The van der Waals surface area contributed by atoms with Gasteiger partial charge in [-0.25, -0.2) is 0 Å². The van der Waals surface area contributed by atoms with Crippen LogP contribution in [0.25, 0.3) is 0 Å². The molecule has 108 valence electrons. The van der Waals surface area contributed by atoms with Crippen molar-refractivity contribution in [2.24, 2.45) is 0 Å². The summed E-state index contributed by atoms with van der Waals surface area (Å²) in [5.74, 6) is 0.251. The van der Waals surface area contributed by atoms with Crippen molar-refractivity contribution in [1.29, 1.82) is 0 Å². The van der Waals surface area contributed by atoms with Crippen molar-refractivity contribution in [3.05, 3.63) is 29.8 Å². The number of piperazine rings is 1. The molecule has 0 unspecified atom stereocenters. The summed E-state index contributed by atoms with van der Waals surface area (Å²) in [6.07, 6.45) is 2.46. The van der Waals surface area contributed by atoms with Gasteiger partial charge in [0.15, 0.2) is 0 Å². The van der Waals surface area contributed by atoms with E-state index in [1.165, 1.54) is 24.1 Å². The van der Waals surface area contributed by atoms with Crippen molar-refractivity contribution in [3.63, 3.8) is 0 Å². The van der Waals surface area contributed by atoms with E-state index in [4.69, 9.17) is 0 Å². The number of nitrogens with one attached hydrogen (secondary N) is 1. The topological polar surface area (TPSA) is 35.6 Å². The molecule has 2 aliphatic rings. The molecular weight excluding hydrogens is 250 g/mol. The van der Waals surface area contributed by atoms with E-state index in [0.717, 1.165) is 26.2 Å². The van der Waals surface area contributed by atoms with E-state index < -0.39 is 0 Å². The van der Waals surface area contributed by atoms with Crippen LogP contribution in [0.5, 0.6) is 0 Å². The molecule has 1 saturated carbocycles. The zero-order valence-corrected chi connectivity index (χ0v) is 12.1. The van der Waals surface area contributed by atoms with E-state index in [1.807, 2.05) is 4.90 Å². The molecule has 1 aliphatic heterocycles. The zero-order valence-electron chi connectivity index (χ0n) is 12.1. The standard InChI is InChI=1S/C16H23N3O/c1-13-4-2-3-5-15(13)18-8-10-19(11-9-18)16(20)12-17-14-6-7-14/h2-5,14,17H,6-12H2,1H3. The fourth-order valence-corrected chi connectivity index (χ4v) is 2.75. The van der Waals surface area contributed by atoms with Crippen molar-refractivity contribution in [1.82, 2.24) is 10.2 Å². The highest BCUT2D eigenvalue weighted by Gasteiger charge is 2.25. The Labute approximate surface area is 120 Å². The van der Waals surface area contributed by atoms with E-state index in [-0.39, 0.29) is 5.91 Å². The summed E-state index contributed by atoms with van der Waals surface area (Å²) in [4.78, 5) is 16.5. The van der Waals surface area contributed by atoms with Gasteiger partial charge in [0, 0.05) is 37.9 Å². The Morgan fingerprint density at radius 1 is 1.20 bits per heavy atom. The molecule has 4 heteroatoms. The van der Waals surface area contributed by atoms with Crippen LogP contribution in [-0.4, -0.2) is 49.6 Å². The molecule has 4 nitrogen and oxygen atoms in total. The summed E-state index contributed by atoms with van der Waals surface area (Å²) in [6.45, 7) is 6.18. The lowest BCUT2D eigenvalue weighted by molar-refractivity contribution is -0.130. The quantitative estimate of drug-likeness (QED) is 0.900. The van der Waals surface area contributed by atoms with E-state index in [2.05, 4.69) is 41.4 Å². The number of anilines is 1. The van der Waals surface area contributed by atoms with Crippen LogP contribution in [-0.2, 0) is 4.79 Å². The van der Waals surface area contributed by atoms with Crippen LogP contribution in [0.2, 0.25) is 0 Å². The first-order valence-corrected chi connectivity index (χ1v) is 7.56. The third-order valence-electron chi connectivity index (χ3n) is 4.21. The highest BCUT2D eigenvalue weighted by Crippen LogP contribution is 2.21. The molecule has 1 saturated heterocycles. The van der Waals surface area contributed by atoms with E-state index >= 15 is 0 Å². The Bertz CT molecular complexity index is 476. The maximum atomic E-state index is 12.1. The summed E-state index contributed by atoms with van der Waals surface area (Å²) in [5, 5.41) is 3.30. The minimum Gasteiger partial charge on any atom is -0.368 e. The second-order valence-corrected chi connectivity index (χ2v) is 5.81. The number of nitrogens with zero attached hydrogens (tertiary/aromatic N) is 2. The second kappa shape index (κ2) is 5.83. The molecular formula is C16H23N3O. The predicted octanol–water partition coefficient (Wildman–Crippen LogP) is 1.40. The molecule has 1 amide bonds. The van der Waals surface area contributed by atoms with Crippen molar-refractivity contribution in [2.45, 2.75) is 25.8 Å². The fraction of sp³-hybridized carbons (Fsp3) is 0.562. The molecule has 1 aromatic rings. The monoisotopic (exact) mass is 273 g/mol. The van der Waals surface area contributed by atoms with E-state index in [9.17, 15) is 4.79 Å². The molecule has 1 heterocycles. The third kappa shape index (κ3) is 3.12. The molecule has 0 atom stereocenters. The first kappa shape index (κ1) is 13.4. The molecule has 0 aromatic heterocycles. The van der Waals surface area contributed by atoms with Crippen molar-refractivity contribution < 1.29 is 4.79 Å². The lowest BCUT2D eigenvalue weighted by Crippen LogP contribution is -2.51. The third-order valence-corrected chi connectivity index (χ3v) is 4.21. The van der Waals surface area contributed by atoms with Crippen molar-refractivity contribution >= 4 is 11.6 Å². The Kier molecular flexibility index (Phi) is 3.92. The summed E-state index contributed by atoms with van der Waals surface area (Å²) >= 11 is 0. The lowest BCUT2D eigenvalue weighted by atomic mass is 10.1. The number of amides is 1. The number of carbonyl (C=O) groups excluding carboxylic acids is 1. The van der Waals surface area contributed by atoms with Crippen LogP contribution in [0.4, 0.5) is 5.69 Å². The van der Waals surface area contributed by atoms with Gasteiger partial charge in [-0.05, 0) is 31.4 Å². The molecule has 0 radical (unpaired) electrons. The Balaban J connectivity index is 1.51. The van der Waals surface area contributed by atoms with Gasteiger partial charge >= 0.3 is 0 Å². The minimum atomic E-state index is 0.251. The molecule has 0 bridgehead atoms. The smallest absolute Gasteiger partial charge is 0.236 e. The Hall–Kier alpha value is -1.55. The van der Waals surface area contributed by atoms with Crippen LogP contribution in [0, 0.1) is 6.92 Å². The summed E-state index contributed by atoms with van der Waals surface area (Å²) in [6, 6.07) is 9.07. The van der Waals surface area contributed by atoms with Gasteiger partial charge in [-0.3, -0.25) is 4.79 Å². The molecule has 1 N–H and O–H groups in total. The maximum Gasteiger partial charge on any atom is 0.236 e. The van der Waals surface area contributed by atoms with Gasteiger partial charge < -0.3 is 15.1 Å². The predicted molar refractivity (Wildman–Crippen MR) is 81.0 cm³/mol. The fourth-order valence-electron chi connectivity index (χ4n) is 2.75. The van der Waals surface area contributed by atoms with Gasteiger partial charge in [0.05, 0.1) is 6.54 Å². The van der Waals surface area contributed by atoms with Gasteiger partial charge in [-0.15, -0.1) is 0 Å². The van der Waals surface area contributed by atoms with Crippen LogP contribution >= 0.6 is 0 Å². The molecule has 20 heavy (non-hydrogen) atoms. The van der Waals surface area contributed by atoms with Gasteiger partial charge in [-0.2, -0.15) is 0 Å². The maximum absolute atomic E-state index is 12.1. The number of hydrogen-bond donors (Lipinski definition) is 1. The van der Waals surface area contributed by atoms with Crippen molar-refractivity contribution in [3.8, 4) is 0 Å². The van der Waals surface area contributed by atoms with E-state index in [0.29, 0.717) is 12.6 Å². The molecule has 0 spiro atoms. The lowest BCUT2D eigenvalue weighted by Gasteiger charge is -2.36.